The van der Waals surface area contributed by atoms with Crippen molar-refractivity contribution in [2.45, 2.75) is 40.7 Å². The van der Waals surface area contributed by atoms with Crippen molar-refractivity contribution >= 4 is 12.1 Å². The lowest BCUT2D eigenvalue weighted by molar-refractivity contribution is -0.109. The smallest absolute Gasteiger partial charge is 0.264 e. The number of aryl methyl sites for hydroxylation is 2. The predicted molar refractivity (Wildman–Crippen MR) is 104 cm³/mol. The van der Waals surface area contributed by atoms with Gasteiger partial charge in [-0.25, -0.2) is 19.6 Å². The van der Waals surface area contributed by atoms with Crippen molar-refractivity contribution in [3.05, 3.63) is 52.7 Å². The minimum Gasteiger partial charge on any atom is -0.472 e. The number of nitrogens with two attached hydrogens (primary N) is 1. The van der Waals surface area contributed by atoms with E-state index in [2.05, 4.69) is 16.1 Å². The maximum Gasteiger partial charge on any atom is 0.264 e. The monoisotopic (exact) mass is 382 g/mol. The fraction of sp³-hybridized carbons (Fsp3) is 0.368. The van der Waals surface area contributed by atoms with Gasteiger partial charge in [0.1, 0.15) is 6.61 Å². The average molecular weight is 382 g/mol. The van der Waals surface area contributed by atoms with E-state index in [-0.39, 0.29) is 12.2 Å². The highest BCUT2D eigenvalue weighted by Crippen LogP contribution is 2.29. The average Bonchev–Trinajstić information content (AvgIpc) is 2.69. The van der Waals surface area contributed by atoms with Gasteiger partial charge >= 0.3 is 0 Å². The molecule has 1 heterocycles. The van der Waals surface area contributed by atoms with Gasteiger partial charge in [0.15, 0.2) is 0 Å². The largest absolute Gasteiger partial charge is 0.472 e. The number of hydrogen-bond donors (Lipinski definition) is 3. The van der Waals surface area contributed by atoms with Gasteiger partial charge in [0.2, 0.25) is 12.3 Å². The highest BCUT2D eigenvalue weighted by atomic mass is 19.3. The Morgan fingerprint density at radius 2 is 1.85 bits per heavy atom. The number of carbonyl (C=O) groups excluding carboxylic acids is 1. The number of nitrogens with zero attached hydrogens (tertiary/aromatic N) is 1. The molecule has 0 bridgehead atoms. The highest BCUT2D eigenvalue weighted by molar-refractivity contribution is 5.54. The highest BCUT2D eigenvalue weighted by Gasteiger charge is 2.16. The van der Waals surface area contributed by atoms with E-state index in [0.717, 1.165) is 11.3 Å². The first-order chi connectivity index (χ1) is 12.9. The van der Waals surface area contributed by atoms with Crippen molar-refractivity contribution in [1.29, 1.82) is 0 Å². The van der Waals surface area contributed by atoms with Gasteiger partial charge in [-0.3, -0.25) is 10.2 Å². The summed E-state index contributed by atoms with van der Waals surface area (Å²) in [5.74, 6) is 4.88. The van der Waals surface area contributed by atoms with Crippen LogP contribution in [0, 0.1) is 13.8 Å². The van der Waals surface area contributed by atoms with Gasteiger partial charge in [-0.05, 0) is 26.0 Å². The number of carbonyl (C=O) groups is 1. The first-order valence-electron chi connectivity index (χ1n) is 8.49. The SMILES string of the molecule is CC.CNc1cccc(C(F)F)c1COc1nc(C)ccc1C.NNC=O. The second-order valence-electron chi connectivity index (χ2n) is 5.07. The fourth-order valence-corrected chi connectivity index (χ4v) is 2.09. The number of rotatable bonds is 6. The number of alkyl halides is 2. The summed E-state index contributed by atoms with van der Waals surface area (Å²) in [5.41, 5.74) is 4.52. The third kappa shape index (κ3) is 8.00. The lowest BCUT2D eigenvalue weighted by atomic mass is 10.1. The minimum atomic E-state index is -2.54. The van der Waals surface area contributed by atoms with Crippen LogP contribution in [-0.2, 0) is 11.4 Å². The normalized spacial score (nSPS) is 9.37. The number of aromatic nitrogens is 1. The molecule has 0 aliphatic carbocycles. The molecule has 0 aliphatic rings. The van der Waals surface area contributed by atoms with E-state index in [4.69, 9.17) is 9.53 Å². The van der Waals surface area contributed by atoms with E-state index >= 15 is 0 Å². The quantitative estimate of drug-likeness (QED) is 0.305. The molecule has 0 spiro atoms. The number of pyridine rings is 1. The van der Waals surface area contributed by atoms with Crippen molar-refractivity contribution in [2.75, 3.05) is 12.4 Å². The molecular weight excluding hydrogens is 354 g/mol. The summed E-state index contributed by atoms with van der Waals surface area (Å²) in [5, 5.41) is 2.92. The zero-order valence-corrected chi connectivity index (χ0v) is 16.3. The van der Waals surface area contributed by atoms with Gasteiger partial charge in [0.05, 0.1) is 0 Å². The lowest BCUT2D eigenvalue weighted by Gasteiger charge is -2.15. The number of benzene rings is 1. The molecule has 0 unspecified atom stereocenters. The van der Waals surface area contributed by atoms with Crippen LogP contribution in [0.25, 0.3) is 0 Å². The zero-order chi connectivity index (χ0) is 20.8. The van der Waals surface area contributed by atoms with Crippen molar-refractivity contribution < 1.29 is 18.3 Å². The van der Waals surface area contributed by atoms with Crippen LogP contribution in [0.1, 0.15) is 42.7 Å². The van der Waals surface area contributed by atoms with Gasteiger partial charge < -0.3 is 10.1 Å². The van der Waals surface area contributed by atoms with Crippen LogP contribution in [0.5, 0.6) is 5.88 Å². The second-order valence-corrected chi connectivity index (χ2v) is 5.07. The molecule has 2 aromatic rings. The second kappa shape index (κ2) is 13.5. The van der Waals surface area contributed by atoms with Crippen molar-refractivity contribution in [1.82, 2.24) is 10.4 Å². The van der Waals surface area contributed by atoms with Gasteiger partial charge in [-0.15, -0.1) is 0 Å². The summed E-state index contributed by atoms with van der Waals surface area (Å²) in [4.78, 5) is 13.2. The Kier molecular flexibility index (Phi) is 12.1. The third-order valence-electron chi connectivity index (χ3n) is 3.33. The van der Waals surface area contributed by atoms with Gasteiger partial charge in [-0.1, -0.05) is 32.0 Å². The van der Waals surface area contributed by atoms with E-state index in [0.29, 0.717) is 23.5 Å². The molecule has 0 saturated carbocycles. The molecule has 2 rings (SSSR count). The topological polar surface area (TPSA) is 89.3 Å². The summed E-state index contributed by atoms with van der Waals surface area (Å²) >= 11 is 0. The van der Waals surface area contributed by atoms with Crippen LogP contribution in [0.3, 0.4) is 0 Å². The molecule has 0 aliphatic heterocycles. The summed E-state index contributed by atoms with van der Waals surface area (Å²) in [6, 6.07) is 8.55. The van der Waals surface area contributed by atoms with E-state index in [1.165, 1.54) is 6.07 Å². The first kappa shape index (κ1) is 24.3. The van der Waals surface area contributed by atoms with E-state index in [1.807, 2.05) is 39.8 Å². The molecule has 0 fully saturated rings. The summed E-state index contributed by atoms with van der Waals surface area (Å²) < 4.78 is 31.9. The van der Waals surface area contributed by atoms with Crippen molar-refractivity contribution in [3.63, 3.8) is 0 Å². The maximum absolute atomic E-state index is 13.1. The van der Waals surface area contributed by atoms with E-state index < -0.39 is 6.43 Å². The van der Waals surface area contributed by atoms with Crippen molar-refractivity contribution in [2.24, 2.45) is 5.84 Å². The van der Waals surface area contributed by atoms with Gasteiger partial charge in [-0.2, -0.15) is 0 Å². The van der Waals surface area contributed by atoms with Crippen LogP contribution < -0.4 is 21.3 Å². The molecule has 0 saturated heterocycles. The summed E-state index contributed by atoms with van der Waals surface area (Å²) in [7, 11) is 1.70. The van der Waals surface area contributed by atoms with Crippen molar-refractivity contribution in [3.8, 4) is 5.88 Å². The Hall–Kier alpha value is -2.74. The lowest BCUT2D eigenvalue weighted by Crippen LogP contribution is -2.18. The molecule has 1 aromatic carbocycles. The Morgan fingerprint density at radius 3 is 2.37 bits per heavy atom. The molecule has 1 amide bonds. The molecule has 27 heavy (non-hydrogen) atoms. The zero-order valence-electron chi connectivity index (χ0n) is 16.3. The van der Waals surface area contributed by atoms with E-state index in [9.17, 15) is 8.78 Å². The third-order valence-corrected chi connectivity index (χ3v) is 3.33. The number of hydrogen-bond acceptors (Lipinski definition) is 5. The molecule has 0 atom stereocenters. The summed E-state index contributed by atoms with van der Waals surface area (Å²) in [6.07, 6.45) is -2.14. The van der Waals surface area contributed by atoms with Crippen LogP contribution in [0.15, 0.2) is 30.3 Å². The van der Waals surface area contributed by atoms with Gasteiger partial charge in [0.25, 0.3) is 6.43 Å². The standard InChI is InChI=1S/C16H18F2N2O.C2H6.CH4N2O/c1-10-7-8-11(2)20-16(10)21-9-13-12(15(17)18)5-4-6-14(13)19-3;1-2;2-3-1-4/h4-8,15,19H,9H2,1-3H3;1-2H3;1H,2H2,(H,3,4). The molecule has 6 nitrogen and oxygen atoms in total. The van der Waals surface area contributed by atoms with Crippen LogP contribution in [0.4, 0.5) is 14.5 Å². The molecule has 150 valence electrons. The molecule has 1 aromatic heterocycles. The Morgan fingerprint density at radius 1 is 1.22 bits per heavy atom. The maximum atomic E-state index is 13.1. The minimum absolute atomic E-state index is 0.0212. The number of ether oxygens (including phenoxy) is 1. The van der Waals surface area contributed by atoms with E-state index in [1.54, 1.807) is 24.6 Å². The Bertz CT molecular complexity index is 697. The number of hydrazine groups is 1. The fourth-order valence-electron chi connectivity index (χ4n) is 2.09. The molecule has 0 radical (unpaired) electrons. The predicted octanol–water partition coefficient (Wildman–Crippen LogP) is 3.89. The number of amides is 1. The molecular formula is C19H28F2N4O2. The van der Waals surface area contributed by atoms with Crippen LogP contribution in [-0.4, -0.2) is 18.4 Å². The Balaban J connectivity index is 0.000000998. The summed E-state index contributed by atoms with van der Waals surface area (Å²) in [6.45, 7) is 7.78. The number of anilines is 1. The number of nitrogens with one attached hydrogen (secondary N) is 2. The molecule has 8 heteroatoms. The Labute approximate surface area is 159 Å². The van der Waals surface area contributed by atoms with Crippen LogP contribution >= 0.6 is 0 Å². The number of halogens is 2. The first-order valence-corrected chi connectivity index (χ1v) is 8.49. The van der Waals surface area contributed by atoms with Crippen LogP contribution in [0.2, 0.25) is 0 Å². The molecule has 4 N–H and O–H groups in total. The van der Waals surface area contributed by atoms with Gasteiger partial charge in [0, 0.05) is 35.1 Å².